The van der Waals surface area contributed by atoms with Crippen molar-refractivity contribution in [1.29, 1.82) is 0 Å². The van der Waals surface area contributed by atoms with Crippen LogP contribution in [0.4, 0.5) is 13.2 Å². The molecule has 9 heteroatoms. The summed E-state index contributed by atoms with van der Waals surface area (Å²) in [4.78, 5) is 25.3. The zero-order chi connectivity index (χ0) is 20.6. The third-order valence-corrected chi connectivity index (χ3v) is 4.75. The van der Waals surface area contributed by atoms with Crippen molar-refractivity contribution in [1.82, 2.24) is 18.9 Å². The summed E-state index contributed by atoms with van der Waals surface area (Å²) in [6.07, 6.45) is -2.79. The summed E-state index contributed by atoms with van der Waals surface area (Å²) in [7, 11) is 1.54. The molecule has 0 aliphatic heterocycles. The third-order valence-electron chi connectivity index (χ3n) is 4.75. The highest BCUT2D eigenvalue weighted by atomic mass is 19.4. The van der Waals surface area contributed by atoms with Crippen molar-refractivity contribution in [3.63, 3.8) is 0 Å². The minimum absolute atomic E-state index is 0.134. The topological polar surface area (TPSA) is 61.8 Å². The number of halogens is 3. The standard InChI is InChI=1S/C19H21F3N4O2/c1-4-6-11-26-15(12-7-9-13(10-8-12)19(20,21)22)16-14(23-26)17(27)25(5-2)18(28)24(16)3/h7-10H,4-6,11H2,1-3H3. The number of rotatable bonds is 5. The Kier molecular flexibility index (Phi) is 5.18. The molecule has 0 spiro atoms. The highest BCUT2D eigenvalue weighted by Crippen LogP contribution is 2.32. The fourth-order valence-corrected chi connectivity index (χ4v) is 3.26. The maximum atomic E-state index is 12.9. The van der Waals surface area contributed by atoms with Gasteiger partial charge in [0.2, 0.25) is 0 Å². The lowest BCUT2D eigenvalue weighted by atomic mass is 10.1. The summed E-state index contributed by atoms with van der Waals surface area (Å²) in [5, 5.41) is 4.41. The van der Waals surface area contributed by atoms with Crippen LogP contribution in [0.2, 0.25) is 0 Å². The average Bonchev–Trinajstić information content (AvgIpc) is 3.04. The number of aromatic nitrogens is 4. The van der Waals surface area contributed by atoms with Crippen LogP contribution in [-0.2, 0) is 26.3 Å². The van der Waals surface area contributed by atoms with Gasteiger partial charge in [0.15, 0.2) is 5.52 Å². The van der Waals surface area contributed by atoms with Crippen molar-refractivity contribution in [3.8, 4) is 11.3 Å². The van der Waals surface area contributed by atoms with E-state index in [1.54, 1.807) is 11.6 Å². The number of hydrogen-bond acceptors (Lipinski definition) is 3. The quantitative estimate of drug-likeness (QED) is 0.666. The molecule has 0 aliphatic carbocycles. The van der Waals surface area contributed by atoms with Gasteiger partial charge in [-0.1, -0.05) is 25.5 Å². The van der Waals surface area contributed by atoms with Crippen LogP contribution in [-0.4, -0.2) is 18.9 Å². The van der Waals surface area contributed by atoms with Crippen LogP contribution >= 0.6 is 0 Å². The Morgan fingerprint density at radius 2 is 1.71 bits per heavy atom. The van der Waals surface area contributed by atoms with Crippen LogP contribution in [0.5, 0.6) is 0 Å². The van der Waals surface area contributed by atoms with Crippen LogP contribution in [0.3, 0.4) is 0 Å². The molecular weight excluding hydrogens is 373 g/mol. The highest BCUT2D eigenvalue weighted by Gasteiger charge is 2.30. The molecule has 0 N–H and O–H groups in total. The molecule has 150 valence electrons. The summed E-state index contributed by atoms with van der Waals surface area (Å²) < 4.78 is 42.8. The van der Waals surface area contributed by atoms with Crippen LogP contribution < -0.4 is 11.2 Å². The Balaban J connectivity index is 2.33. The summed E-state index contributed by atoms with van der Waals surface area (Å²) in [5.41, 5.74) is -0.340. The Hall–Kier alpha value is -2.84. The lowest BCUT2D eigenvalue weighted by molar-refractivity contribution is -0.137. The van der Waals surface area contributed by atoms with E-state index in [4.69, 9.17) is 0 Å². The molecule has 0 aliphatic rings. The van der Waals surface area contributed by atoms with Gasteiger partial charge in [0.05, 0.1) is 11.3 Å². The minimum atomic E-state index is -4.44. The summed E-state index contributed by atoms with van der Waals surface area (Å²) in [6, 6.07) is 4.67. The third kappa shape index (κ3) is 3.25. The molecule has 0 radical (unpaired) electrons. The van der Waals surface area contributed by atoms with Gasteiger partial charge in [-0.2, -0.15) is 18.3 Å². The maximum absolute atomic E-state index is 12.9. The Labute approximate surface area is 158 Å². The van der Waals surface area contributed by atoms with Gasteiger partial charge < -0.3 is 0 Å². The van der Waals surface area contributed by atoms with Crippen LogP contribution in [0.25, 0.3) is 22.3 Å². The van der Waals surface area contributed by atoms with Gasteiger partial charge in [0, 0.05) is 25.7 Å². The van der Waals surface area contributed by atoms with Gasteiger partial charge in [-0.3, -0.25) is 18.6 Å². The zero-order valence-electron chi connectivity index (χ0n) is 15.9. The maximum Gasteiger partial charge on any atom is 0.416 e. The molecule has 0 saturated carbocycles. The van der Waals surface area contributed by atoms with Crippen LogP contribution in [0.1, 0.15) is 32.3 Å². The summed E-state index contributed by atoms with van der Waals surface area (Å²) in [6.45, 7) is 4.39. The summed E-state index contributed by atoms with van der Waals surface area (Å²) in [5.74, 6) is 0. The van der Waals surface area contributed by atoms with E-state index < -0.39 is 23.0 Å². The number of nitrogens with zero attached hydrogens (tertiary/aromatic N) is 4. The van der Waals surface area contributed by atoms with E-state index in [-0.39, 0.29) is 12.1 Å². The summed E-state index contributed by atoms with van der Waals surface area (Å²) >= 11 is 0. The average molecular weight is 394 g/mol. The second-order valence-corrected chi connectivity index (χ2v) is 6.59. The highest BCUT2D eigenvalue weighted by molar-refractivity contribution is 5.90. The predicted molar refractivity (Wildman–Crippen MR) is 100 cm³/mol. The van der Waals surface area contributed by atoms with Crippen molar-refractivity contribution in [2.45, 2.75) is 46.0 Å². The number of unbranched alkanes of at least 4 members (excludes halogenated alkanes) is 1. The fraction of sp³-hybridized carbons (Fsp3) is 0.421. The smallest absolute Gasteiger partial charge is 0.293 e. The van der Waals surface area contributed by atoms with Crippen molar-refractivity contribution in [3.05, 3.63) is 50.7 Å². The van der Waals surface area contributed by atoms with Gasteiger partial charge in [-0.05, 0) is 25.5 Å². The van der Waals surface area contributed by atoms with Gasteiger partial charge in [0.1, 0.15) is 5.52 Å². The number of aryl methyl sites for hydroxylation is 2. The molecule has 6 nitrogen and oxygen atoms in total. The number of alkyl halides is 3. The lowest BCUT2D eigenvalue weighted by Crippen LogP contribution is -2.38. The molecule has 1 aromatic carbocycles. The largest absolute Gasteiger partial charge is 0.416 e. The fourth-order valence-electron chi connectivity index (χ4n) is 3.26. The molecule has 0 amide bonds. The first-order valence-corrected chi connectivity index (χ1v) is 9.08. The molecule has 0 saturated heterocycles. The van der Waals surface area contributed by atoms with E-state index in [0.29, 0.717) is 23.3 Å². The molecule has 28 heavy (non-hydrogen) atoms. The first-order chi connectivity index (χ1) is 13.2. The Bertz CT molecular complexity index is 1120. The first kappa shape index (κ1) is 19.9. The first-order valence-electron chi connectivity index (χ1n) is 9.08. The zero-order valence-corrected chi connectivity index (χ0v) is 15.9. The molecular formula is C19H21F3N4O2. The van der Waals surface area contributed by atoms with Gasteiger partial charge in [-0.25, -0.2) is 4.79 Å². The number of hydrogen-bond donors (Lipinski definition) is 0. The van der Waals surface area contributed by atoms with Crippen molar-refractivity contribution < 1.29 is 13.2 Å². The van der Waals surface area contributed by atoms with E-state index in [2.05, 4.69) is 5.10 Å². The van der Waals surface area contributed by atoms with Gasteiger partial charge in [-0.15, -0.1) is 0 Å². The van der Waals surface area contributed by atoms with E-state index in [1.165, 1.54) is 23.7 Å². The minimum Gasteiger partial charge on any atom is -0.293 e. The Morgan fingerprint density at radius 3 is 2.25 bits per heavy atom. The van der Waals surface area contributed by atoms with Crippen LogP contribution in [0, 0.1) is 0 Å². The van der Waals surface area contributed by atoms with E-state index in [1.807, 2.05) is 6.92 Å². The van der Waals surface area contributed by atoms with Gasteiger partial charge >= 0.3 is 11.9 Å². The molecule has 3 aromatic rings. The Morgan fingerprint density at radius 1 is 1.07 bits per heavy atom. The molecule has 0 bridgehead atoms. The van der Waals surface area contributed by atoms with Crippen molar-refractivity contribution in [2.24, 2.45) is 7.05 Å². The van der Waals surface area contributed by atoms with E-state index in [0.717, 1.165) is 29.5 Å². The molecule has 0 unspecified atom stereocenters. The van der Waals surface area contributed by atoms with Gasteiger partial charge in [0.25, 0.3) is 5.56 Å². The molecule has 2 aromatic heterocycles. The molecule has 0 atom stereocenters. The second kappa shape index (κ2) is 7.29. The van der Waals surface area contributed by atoms with Crippen molar-refractivity contribution in [2.75, 3.05) is 0 Å². The second-order valence-electron chi connectivity index (χ2n) is 6.59. The van der Waals surface area contributed by atoms with E-state index in [9.17, 15) is 22.8 Å². The predicted octanol–water partition coefficient (Wildman–Crippen LogP) is 3.40. The van der Waals surface area contributed by atoms with Crippen molar-refractivity contribution >= 4 is 11.0 Å². The van der Waals surface area contributed by atoms with Crippen LogP contribution in [0.15, 0.2) is 33.9 Å². The molecule has 0 fully saturated rings. The number of benzene rings is 1. The lowest BCUT2D eigenvalue weighted by Gasteiger charge is -2.11. The SMILES string of the molecule is CCCCn1nc2c(=O)n(CC)c(=O)n(C)c2c1-c1ccc(C(F)(F)F)cc1. The van der Waals surface area contributed by atoms with E-state index >= 15 is 0 Å². The molecule has 3 rings (SSSR count). The molecule has 2 heterocycles. The monoisotopic (exact) mass is 394 g/mol. The normalized spacial score (nSPS) is 12.1. The number of fused-ring (bicyclic) bond motifs is 1.